The molecule has 0 amide bonds. The fourth-order valence-electron chi connectivity index (χ4n) is 1.82. The van der Waals surface area contributed by atoms with E-state index >= 15 is 0 Å². The monoisotopic (exact) mass is 327 g/mol. The number of hydrogen-bond acceptors (Lipinski definition) is 4. The number of nitrogens with zero attached hydrogens (tertiary/aromatic N) is 1. The molecule has 0 saturated heterocycles. The van der Waals surface area contributed by atoms with E-state index in [1.54, 1.807) is 18.2 Å². The third kappa shape index (κ3) is 3.85. The minimum Gasteiger partial charge on any atom is -0.488 e. The topological polar surface area (TPSA) is 72.6 Å². The summed E-state index contributed by atoms with van der Waals surface area (Å²) in [5, 5.41) is 21.1. The van der Waals surface area contributed by atoms with Gasteiger partial charge in [-0.3, -0.25) is 10.1 Å². The lowest BCUT2D eigenvalue weighted by molar-refractivity contribution is -0.385. The van der Waals surface area contributed by atoms with Crippen molar-refractivity contribution in [2.24, 2.45) is 0 Å². The molecule has 0 saturated carbocycles. The molecule has 110 valence electrons. The van der Waals surface area contributed by atoms with Gasteiger partial charge in [0.2, 0.25) is 0 Å². The van der Waals surface area contributed by atoms with Crippen LogP contribution in [0.15, 0.2) is 36.4 Å². The lowest BCUT2D eigenvalue weighted by Crippen LogP contribution is -2.02. The summed E-state index contributed by atoms with van der Waals surface area (Å²) in [6, 6.07) is 9.05. The van der Waals surface area contributed by atoms with Crippen molar-refractivity contribution in [3.05, 3.63) is 67.7 Å². The van der Waals surface area contributed by atoms with Crippen molar-refractivity contribution >= 4 is 28.9 Å². The van der Waals surface area contributed by atoms with Crippen LogP contribution >= 0.6 is 23.2 Å². The number of aliphatic hydroxyl groups excluding tert-OH is 1. The lowest BCUT2D eigenvalue weighted by atomic mass is 10.2. The third-order valence-corrected chi connectivity index (χ3v) is 3.28. The van der Waals surface area contributed by atoms with Crippen molar-refractivity contribution in [1.29, 1.82) is 0 Å². The van der Waals surface area contributed by atoms with Crippen LogP contribution in [-0.2, 0) is 13.2 Å². The zero-order chi connectivity index (χ0) is 15.4. The maximum absolute atomic E-state index is 11.0. The minimum absolute atomic E-state index is 0.0362. The average Bonchev–Trinajstić information content (AvgIpc) is 2.45. The predicted octanol–water partition coefficient (Wildman–Crippen LogP) is 3.97. The summed E-state index contributed by atoms with van der Waals surface area (Å²) in [4.78, 5) is 10.5. The number of aliphatic hydroxyl groups is 1. The first-order valence-corrected chi connectivity index (χ1v) is 6.71. The Morgan fingerprint density at radius 3 is 2.33 bits per heavy atom. The fourth-order valence-corrected chi connectivity index (χ4v) is 2.21. The molecule has 0 aliphatic carbocycles. The number of hydrogen-bond donors (Lipinski definition) is 1. The Hall–Kier alpha value is -1.82. The van der Waals surface area contributed by atoms with Crippen LogP contribution in [0.1, 0.15) is 11.1 Å². The molecular weight excluding hydrogens is 317 g/mol. The number of nitro groups is 1. The Labute approximate surface area is 130 Å². The fraction of sp³-hybridized carbons (Fsp3) is 0.143. The van der Waals surface area contributed by atoms with Crippen LogP contribution in [0.2, 0.25) is 10.0 Å². The zero-order valence-corrected chi connectivity index (χ0v) is 12.3. The lowest BCUT2D eigenvalue weighted by Gasteiger charge is -2.11. The molecule has 0 aliphatic rings. The second kappa shape index (κ2) is 6.76. The molecule has 0 radical (unpaired) electrons. The van der Waals surface area contributed by atoms with Crippen LogP contribution in [-0.4, -0.2) is 10.0 Å². The van der Waals surface area contributed by atoms with Crippen molar-refractivity contribution in [1.82, 2.24) is 0 Å². The molecule has 7 heteroatoms. The van der Waals surface area contributed by atoms with Gasteiger partial charge >= 0.3 is 0 Å². The minimum atomic E-state index is -0.496. The third-order valence-electron chi connectivity index (χ3n) is 2.81. The maximum atomic E-state index is 11.0. The largest absolute Gasteiger partial charge is 0.488 e. The summed E-state index contributed by atoms with van der Waals surface area (Å²) in [6.45, 7) is -0.279. The van der Waals surface area contributed by atoms with Gasteiger partial charge in [0.15, 0.2) is 0 Å². The highest BCUT2D eigenvalue weighted by atomic mass is 35.5. The molecule has 0 fully saturated rings. The van der Waals surface area contributed by atoms with Crippen LogP contribution in [0.3, 0.4) is 0 Å². The van der Waals surface area contributed by atoms with Crippen LogP contribution in [0.5, 0.6) is 5.75 Å². The van der Waals surface area contributed by atoms with Gasteiger partial charge in [0.05, 0.1) is 17.1 Å². The summed E-state index contributed by atoms with van der Waals surface area (Å²) in [6.07, 6.45) is 0. The first-order valence-electron chi connectivity index (χ1n) is 5.96. The first kappa shape index (κ1) is 15.6. The van der Waals surface area contributed by atoms with Gasteiger partial charge in [0, 0.05) is 21.7 Å². The van der Waals surface area contributed by atoms with Crippen LogP contribution in [0.4, 0.5) is 5.69 Å². The molecule has 21 heavy (non-hydrogen) atoms. The van der Waals surface area contributed by atoms with Gasteiger partial charge in [0.1, 0.15) is 12.4 Å². The van der Waals surface area contributed by atoms with Crippen molar-refractivity contribution in [3.8, 4) is 5.75 Å². The van der Waals surface area contributed by atoms with Gasteiger partial charge < -0.3 is 9.84 Å². The van der Waals surface area contributed by atoms with Crippen molar-refractivity contribution in [3.63, 3.8) is 0 Å². The van der Waals surface area contributed by atoms with Gasteiger partial charge in [0.25, 0.3) is 5.69 Å². The summed E-state index contributed by atoms with van der Waals surface area (Å²) in [5.74, 6) is 0.413. The normalized spacial score (nSPS) is 10.4. The zero-order valence-electron chi connectivity index (χ0n) is 10.8. The highest BCUT2D eigenvalue weighted by Gasteiger charge is 2.15. The predicted molar refractivity (Wildman–Crippen MR) is 79.8 cm³/mol. The van der Waals surface area contributed by atoms with Gasteiger partial charge in [-0.1, -0.05) is 23.2 Å². The Morgan fingerprint density at radius 1 is 1.10 bits per heavy atom. The van der Waals surface area contributed by atoms with E-state index in [9.17, 15) is 15.2 Å². The molecule has 0 aliphatic heterocycles. The molecule has 0 atom stereocenters. The SMILES string of the molecule is O=[N+]([O-])c1ccc(Cl)cc1COc1ccc(Cl)cc1CO. The highest BCUT2D eigenvalue weighted by molar-refractivity contribution is 6.31. The van der Waals surface area contributed by atoms with E-state index in [2.05, 4.69) is 0 Å². The Balaban J connectivity index is 2.24. The second-order valence-corrected chi connectivity index (χ2v) is 5.10. The molecule has 0 spiro atoms. The van der Waals surface area contributed by atoms with E-state index in [0.717, 1.165) is 0 Å². The molecule has 0 bridgehead atoms. The smallest absolute Gasteiger partial charge is 0.276 e. The molecule has 0 unspecified atom stereocenters. The summed E-state index contributed by atoms with van der Waals surface area (Å²) in [7, 11) is 0. The quantitative estimate of drug-likeness (QED) is 0.666. The maximum Gasteiger partial charge on any atom is 0.276 e. The number of nitro benzene ring substituents is 1. The Bertz CT molecular complexity index is 676. The van der Waals surface area contributed by atoms with E-state index in [-0.39, 0.29) is 18.9 Å². The first-order chi connectivity index (χ1) is 10.0. The molecule has 2 aromatic carbocycles. The highest BCUT2D eigenvalue weighted by Crippen LogP contribution is 2.27. The van der Waals surface area contributed by atoms with E-state index in [1.807, 2.05) is 0 Å². The molecule has 5 nitrogen and oxygen atoms in total. The molecular formula is C14H11Cl2NO4. The summed E-state index contributed by atoms with van der Waals surface area (Å²) < 4.78 is 5.53. The van der Waals surface area contributed by atoms with Crippen molar-refractivity contribution in [2.75, 3.05) is 0 Å². The van der Waals surface area contributed by atoms with Gasteiger partial charge in [-0.25, -0.2) is 0 Å². The van der Waals surface area contributed by atoms with Crippen LogP contribution in [0, 0.1) is 10.1 Å². The Kier molecular flexibility index (Phi) is 5.01. The van der Waals surface area contributed by atoms with E-state index in [1.165, 1.54) is 18.2 Å². The molecule has 2 rings (SSSR count). The van der Waals surface area contributed by atoms with Crippen LogP contribution in [0.25, 0.3) is 0 Å². The summed E-state index contributed by atoms with van der Waals surface area (Å²) >= 11 is 11.7. The van der Waals surface area contributed by atoms with E-state index < -0.39 is 4.92 Å². The Morgan fingerprint density at radius 2 is 1.71 bits per heavy atom. The second-order valence-electron chi connectivity index (χ2n) is 4.23. The number of ether oxygens (including phenoxy) is 1. The van der Waals surface area contributed by atoms with Gasteiger partial charge in [-0.15, -0.1) is 0 Å². The van der Waals surface area contributed by atoms with Crippen molar-refractivity contribution in [2.45, 2.75) is 13.2 Å². The standard InChI is InChI=1S/C14H11Cl2NO4/c15-11-1-3-13(17(19)20)10(6-11)8-21-14-4-2-12(16)5-9(14)7-18/h1-6,18H,7-8H2. The van der Waals surface area contributed by atoms with Crippen LogP contribution < -0.4 is 4.74 Å². The van der Waals surface area contributed by atoms with Crippen molar-refractivity contribution < 1.29 is 14.8 Å². The number of rotatable bonds is 5. The van der Waals surface area contributed by atoms with E-state index in [4.69, 9.17) is 27.9 Å². The van der Waals surface area contributed by atoms with Gasteiger partial charge in [-0.05, 0) is 30.3 Å². The molecule has 1 N–H and O–H groups in total. The number of benzene rings is 2. The van der Waals surface area contributed by atoms with E-state index in [0.29, 0.717) is 26.9 Å². The van der Waals surface area contributed by atoms with Gasteiger partial charge in [-0.2, -0.15) is 0 Å². The average molecular weight is 328 g/mol. The molecule has 2 aromatic rings. The molecule has 0 aromatic heterocycles. The number of halogens is 2. The molecule has 0 heterocycles. The summed E-state index contributed by atoms with van der Waals surface area (Å²) in [5.41, 5.74) is 0.789.